The highest BCUT2D eigenvalue weighted by molar-refractivity contribution is 9.10. The van der Waals surface area contributed by atoms with Gasteiger partial charge in [0, 0.05) is 12.0 Å². The van der Waals surface area contributed by atoms with Crippen LogP contribution in [-0.2, 0) is 0 Å². The molecular formula is C12H12BrFO. The number of ketones is 1. The number of carbonyl (C=O) groups is 1. The summed E-state index contributed by atoms with van der Waals surface area (Å²) < 4.78 is 13.4. The fourth-order valence-corrected chi connectivity index (χ4v) is 2.08. The van der Waals surface area contributed by atoms with Crippen molar-refractivity contribution in [2.75, 3.05) is 0 Å². The van der Waals surface area contributed by atoms with E-state index in [1.807, 2.05) is 0 Å². The van der Waals surface area contributed by atoms with E-state index in [2.05, 4.69) is 15.9 Å². The molecule has 0 aliphatic heterocycles. The van der Waals surface area contributed by atoms with Gasteiger partial charge in [-0.3, -0.25) is 4.79 Å². The SMILES string of the molecule is O=C(CCC1CC1)c1cccc(F)c1Br. The van der Waals surface area contributed by atoms with Crippen LogP contribution in [0.3, 0.4) is 0 Å². The van der Waals surface area contributed by atoms with Gasteiger partial charge >= 0.3 is 0 Å². The zero-order chi connectivity index (χ0) is 10.8. The van der Waals surface area contributed by atoms with E-state index in [4.69, 9.17) is 0 Å². The first-order chi connectivity index (χ1) is 7.18. The standard InChI is InChI=1S/C12H12BrFO/c13-12-9(2-1-3-10(12)14)11(15)7-6-8-4-5-8/h1-3,8H,4-7H2. The highest BCUT2D eigenvalue weighted by Crippen LogP contribution is 2.34. The monoisotopic (exact) mass is 270 g/mol. The Labute approximate surface area is 96.8 Å². The predicted molar refractivity (Wildman–Crippen MR) is 60.4 cm³/mol. The Morgan fingerprint density at radius 3 is 2.87 bits per heavy atom. The van der Waals surface area contributed by atoms with Crippen LogP contribution in [0.1, 0.15) is 36.0 Å². The summed E-state index contributed by atoms with van der Waals surface area (Å²) >= 11 is 3.11. The van der Waals surface area contributed by atoms with Gasteiger partial charge in [0.05, 0.1) is 4.47 Å². The zero-order valence-corrected chi connectivity index (χ0v) is 9.89. The summed E-state index contributed by atoms with van der Waals surface area (Å²) in [6.07, 6.45) is 3.98. The topological polar surface area (TPSA) is 17.1 Å². The molecule has 1 aliphatic carbocycles. The van der Waals surface area contributed by atoms with Gasteiger partial charge in [-0.2, -0.15) is 0 Å². The molecule has 0 unspecified atom stereocenters. The molecule has 1 saturated carbocycles. The van der Waals surface area contributed by atoms with E-state index in [0.29, 0.717) is 16.5 Å². The molecule has 1 aromatic rings. The summed E-state index contributed by atoms with van der Waals surface area (Å²) in [6.45, 7) is 0. The molecule has 0 heterocycles. The maximum atomic E-state index is 13.2. The van der Waals surface area contributed by atoms with Crippen LogP contribution in [0, 0.1) is 11.7 Å². The Bertz CT molecular complexity index is 385. The van der Waals surface area contributed by atoms with Gasteiger partial charge in [0.25, 0.3) is 0 Å². The molecule has 0 bridgehead atoms. The van der Waals surface area contributed by atoms with Gasteiger partial charge in [-0.25, -0.2) is 4.39 Å². The summed E-state index contributed by atoms with van der Waals surface area (Å²) in [5, 5.41) is 0. The summed E-state index contributed by atoms with van der Waals surface area (Å²) in [5.74, 6) is 0.404. The molecule has 15 heavy (non-hydrogen) atoms. The first-order valence-electron chi connectivity index (χ1n) is 5.15. The number of benzene rings is 1. The van der Waals surface area contributed by atoms with E-state index in [1.165, 1.54) is 18.9 Å². The van der Waals surface area contributed by atoms with Crippen LogP contribution in [0.25, 0.3) is 0 Å². The number of halogens is 2. The summed E-state index contributed by atoms with van der Waals surface area (Å²) in [6, 6.07) is 4.59. The van der Waals surface area contributed by atoms with Gasteiger partial charge in [0.1, 0.15) is 5.82 Å². The van der Waals surface area contributed by atoms with E-state index in [-0.39, 0.29) is 11.6 Å². The van der Waals surface area contributed by atoms with Crippen molar-refractivity contribution in [1.29, 1.82) is 0 Å². The van der Waals surface area contributed by atoms with Crippen molar-refractivity contribution in [2.24, 2.45) is 5.92 Å². The van der Waals surface area contributed by atoms with Crippen LogP contribution in [0.15, 0.2) is 22.7 Å². The van der Waals surface area contributed by atoms with Crippen LogP contribution >= 0.6 is 15.9 Å². The van der Waals surface area contributed by atoms with Gasteiger partial charge in [-0.15, -0.1) is 0 Å². The lowest BCUT2D eigenvalue weighted by atomic mass is 10.1. The minimum atomic E-state index is -0.368. The lowest BCUT2D eigenvalue weighted by Gasteiger charge is -2.03. The Morgan fingerprint density at radius 2 is 2.20 bits per heavy atom. The van der Waals surface area contributed by atoms with Crippen molar-refractivity contribution in [3.8, 4) is 0 Å². The molecule has 2 rings (SSSR count). The van der Waals surface area contributed by atoms with Crippen LogP contribution in [-0.4, -0.2) is 5.78 Å². The van der Waals surface area contributed by atoms with Crippen LogP contribution in [0.4, 0.5) is 4.39 Å². The normalized spacial score (nSPS) is 15.3. The second kappa shape index (κ2) is 4.44. The van der Waals surface area contributed by atoms with E-state index in [1.54, 1.807) is 12.1 Å². The second-order valence-corrected chi connectivity index (χ2v) is 4.80. The molecule has 3 heteroatoms. The Morgan fingerprint density at radius 1 is 1.47 bits per heavy atom. The maximum Gasteiger partial charge on any atom is 0.164 e. The van der Waals surface area contributed by atoms with Crippen molar-refractivity contribution < 1.29 is 9.18 Å². The highest BCUT2D eigenvalue weighted by Gasteiger charge is 2.23. The van der Waals surface area contributed by atoms with Gasteiger partial charge in [-0.05, 0) is 34.3 Å². The average Bonchev–Trinajstić information content (AvgIpc) is 3.02. The van der Waals surface area contributed by atoms with Crippen molar-refractivity contribution in [3.05, 3.63) is 34.1 Å². The quantitative estimate of drug-likeness (QED) is 0.757. The third-order valence-electron chi connectivity index (χ3n) is 2.73. The van der Waals surface area contributed by atoms with E-state index >= 15 is 0 Å². The van der Waals surface area contributed by atoms with E-state index in [0.717, 1.165) is 12.3 Å². The average molecular weight is 271 g/mol. The second-order valence-electron chi connectivity index (χ2n) is 4.01. The van der Waals surface area contributed by atoms with Crippen molar-refractivity contribution in [2.45, 2.75) is 25.7 Å². The lowest BCUT2D eigenvalue weighted by molar-refractivity contribution is 0.0977. The number of hydrogen-bond acceptors (Lipinski definition) is 1. The third kappa shape index (κ3) is 2.65. The van der Waals surface area contributed by atoms with Crippen molar-refractivity contribution in [3.63, 3.8) is 0 Å². The Balaban J connectivity index is 2.06. The van der Waals surface area contributed by atoms with E-state index < -0.39 is 0 Å². The molecule has 0 N–H and O–H groups in total. The summed E-state index contributed by atoms with van der Waals surface area (Å²) in [7, 11) is 0. The fraction of sp³-hybridized carbons (Fsp3) is 0.417. The number of carbonyl (C=O) groups excluding carboxylic acids is 1. The zero-order valence-electron chi connectivity index (χ0n) is 8.30. The molecule has 0 radical (unpaired) electrons. The number of rotatable bonds is 4. The van der Waals surface area contributed by atoms with Crippen LogP contribution in [0.2, 0.25) is 0 Å². The Hall–Kier alpha value is -0.700. The molecule has 1 nitrogen and oxygen atoms in total. The summed E-state index contributed by atoms with van der Waals surface area (Å²) in [5.41, 5.74) is 0.468. The first kappa shape index (κ1) is 10.8. The van der Waals surface area contributed by atoms with Gasteiger partial charge in [0.2, 0.25) is 0 Å². The molecule has 0 amide bonds. The smallest absolute Gasteiger partial charge is 0.164 e. The fourth-order valence-electron chi connectivity index (χ4n) is 1.60. The number of hydrogen-bond donors (Lipinski definition) is 0. The molecule has 1 fully saturated rings. The molecule has 0 atom stereocenters. The van der Waals surface area contributed by atoms with Crippen molar-refractivity contribution in [1.82, 2.24) is 0 Å². The van der Waals surface area contributed by atoms with Gasteiger partial charge in [-0.1, -0.05) is 25.0 Å². The van der Waals surface area contributed by atoms with Crippen LogP contribution in [0.5, 0.6) is 0 Å². The lowest BCUT2D eigenvalue weighted by Crippen LogP contribution is -2.01. The minimum Gasteiger partial charge on any atom is -0.294 e. The highest BCUT2D eigenvalue weighted by atomic mass is 79.9. The maximum absolute atomic E-state index is 13.2. The molecule has 0 aromatic heterocycles. The number of Topliss-reactive ketones (excluding diaryl/α,β-unsaturated/α-hetero) is 1. The van der Waals surface area contributed by atoms with Gasteiger partial charge in [0.15, 0.2) is 5.78 Å². The summed E-state index contributed by atoms with van der Waals surface area (Å²) in [4.78, 5) is 11.8. The molecule has 1 aromatic carbocycles. The third-order valence-corrected chi connectivity index (χ3v) is 3.53. The largest absolute Gasteiger partial charge is 0.294 e. The molecule has 0 saturated heterocycles. The first-order valence-corrected chi connectivity index (χ1v) is 5.95. The molecule has 0 spiro atoms. The molecule has 80 valence electrons. The van der Waals surface area contributed by atoms with Gasteiger partial charge < -0.3 is 0 Å². The predicted octanol–water partition coefficient (Wildman–Crippen LogP) is 3.96. The minimum absolute atomic E-state index is 0.0354. The van der Waals surface area contributed by atoms with E-state index in [9.17, 15) is 9.18 Å². The van der Waals surface area contributed by atoms with Crippen molar-refractivity contribution >= 4 is 21.7 Å². The molecule has 1 aliphatic rings. The Kier molecular flexibility index (Phi) is 3.19. The molecular weight excluding hydrogens is 259 g/mol. The van der Waals surface area contributed by atoms with Crippen LogP contribution < -0.4 is 0 Å².